The third-order valence-corrected chi connectivity index (χ3v) is 14.8. The summed E-state index contributed by atoms with van der Waals surface area (Å²) >= 11 is 1.26. The molecule has 14 heteroatoms. The van der Waals surface area contributed by atoms with E-state index in [4.69, 9.17) is 14.2 Å². The van der Waals surface area contributed by atoms with Gasteiger partial charge in [-0.1, -0.05) is 0 Å². The Bertz CT molecular complexity index is 1150. The van der Waals surface area contributed by atoms with E-state index in [-0.39, 0.29) is 18.6 Å². The average molecular weight is 688 g/mol. The number of carbonyl (C=O) groups excluding carboxylic acids is 2. The Morgan fingerprint density at radius 2 is 1.87 bits per heavy atom. The molecule has 0 aromatic carbocycles. The summed E-state index contributed by atoms with van der Waals surface area (Å²) in [7, 11) is 0. The molecule has 3 radical (unpaired) electrons. The first kappa shape index (κ1) is 34.0. The van der Waals surface area contributed by atoms with Gasteiger partial charge in [0.1, 0.15) is 0 Å². The van der Waals surface area contributed by atoms with Crippen LogP contribution in [-0.2, 0) is 34.9 Å². The first-order valence-electron chi connectivity index (χ1n) is 13.2. The average Bonchev–Trinajstić information content (AvgIpc) is 3.25. The fourth-order valence-electron chi connectivity index (χ4n) is 3.67. The zero-order chi connectivity index (χ0) is 29.2. The maximum atomic E-state index is 14.3. The van der Waals surface area contributed by atoms with E-state index in [9.17, 15) is 14.2 Å². The number of carbonyl (C=O) groups is 2. The molecule has 2 aromatic rings. The Kier molecular flexibility index (Phi) is 13.6. The van der Waals surface area contributed by atoms with Crippen LogP contribution in [0.15, 0.2) is 12.7 Å². The number of hydrogen-bond donors (Lipinski definition) is 1. The van der Waals surface area contributed by atoms with Gasteiger partial charge in [-0.2, -0.15) is 0 Å². The van der Waals surface area contributed by atoms with Gasteiger partial charge in [0.25, 0.3) is 0 Å². The fourth-order valence-corrected chi connectivity index (χ4v) is 13.4. The van der Waals surface area contributed by atoms with Crippen LogP contribution in [0.25, 0.3) is 11.2 Å². The Morgan fingerprint density at radius 1 is 1.15 bits per heavy atom. The molecular weight excluding hydrogens is 647 g/mol. The van der Waals surface area contributed by atoms with Crippen molar-refractivity contribution in [3.05, 3.63) is 12.7 Å². The summed E-state index contributed by atoms with van der Waals surface area (Å²) in [6.07, 6.45) is 6.32. The number of hydrogen-bond acceptors (Lipinski definition) is 9. The van der Waals surface area contributed by atoms with Crippen LogP contribution in [0.4, 0.5) is 0 Å². The van der Waals surface area contributed by atoms with Gasteiger partial charge in [0.2, 0.25) is 0 Å². The molecular formula is C25H41As2N5O6P. The molecule has 0 fully saturated rings. The first-order chi connectivity index (χ1) is 18.3. The van der Waals surface area contributed by atoms with Crippen molar-refractivity contribution < 1.29 is 28.4 Å². The van der Waals surface area contributed by atoms with Gasteiger partial charge in [0, 0.05) is 0 Å². The molecule has 11 nitrogen and oxygen atoms in total. The van der Waals surface area contributed by atoms with E-state index in [0.29, 0.717) is 24.3 Å². The van der Waals surface area contributed by atoms with Crippen molar-refractivity contribution >= 4 is 65.6 Å². The number of ether oxygens (including phenoxy) is 3. The van der Waals surface area contributed by atoms with Crippen molar-refractivity contribution in [1.29, 1.82) is 0 Å². The quantitative estimate of drug-likeness (QED) is 0.114. The molecule has 0 spiro atoms. The minimum atomic E-state index is -3.33. The number of nitrogens with zero attached hydrogens (tertiary/aromatic N) is 4. The third kappa shape index (κ3) is 10.9. The Hall–Kier alpha value is -1.24. The number of imidazole rings is 1. The molecule has 0 saturated carbocycles. The fraction of sp³-hybridized carbons (Fsp3) is 0.720. The van der Waals surface area contributed by atoms with Crippen molar-refractivity contribution in [2.24, 2.45) is 0 Å². The van der Waals surface area contributed by atoms with Crippen LogP contribution in [0.1, 0.15) is 74.1 Å². The molecule has 0 bridgehead atoms. The van der Waals surface area contributed by atoms with Crippen LogP contribution in [-0.4, -0.2) is 94.3 Å². The summed E-state index contributed by atoms with van der Waals surface area (Å²) in [6, 6.07) is 0. The first-order valence-corrected chi connectivity index (χ1v) is 19.6. The number of nitrogens with one attached hydrogen (secondary N) is 1. The molecule has 1 N–H and O–H groups in total. The van der Waals surface area contributed by atoms with E-state index in [1.165, 1.54) is 6.33 Å². The normalized spacial score (nSPS) is 15.5. The Labute approximate surface area is 246 Å². The molecule has 0 aliphatic carbocycles. The zero-order valence-corrected chi connectivity index (χ0v) is 28.6. The van der Waals surface area contributed by atoms with E-state index in [1.54, 1.807) is 40.9 Å². The minimum absolute atomic E-state index is 0.141. The number of esters is 2. The molecule has 217 valence electrons. The standard InChI is InChI=1S/C25H41As2N5O6P/c1-8-9-10-11-12-36-24(34)25(6,7)31-39(35,27-19(5)23(33)38-17(2)3)16-37-18(4)13-32-15-30-20-21(26)28-14-29-22(20)32/h14-15,17-19H,8-13,16H2,1-7H3,(H,31,35)/t18-,19-,39-/m1/s1. The van der Waals surface area contributed by atoms with E-state index in [0.717, 1.165) is 30.2 Å². The van der Waals surface area contributed by atoms with Gasteiger partial charge < -0.3 is 0 Å². The van der Waals surface area contributed by atoms with Crippen LogP contribution < -0.4 is 9.57 Å². The van der Waals surface area contributed by atoms with Crippen molar-refractivity contribution in [1.82, 2.24) is 24.6 Å². The molecule has 39 heavy (non-hydrogen) atoms. The molecule has 2 rings (SSSR count). The van der Waals surface area contributed by atoms with E-state index in [1.807, 2.05) is 11.5 Å². The second kappa shape index (κ2) is 15.7. The number of unbranched alkanes of at least 4 members (excludes halogenated alkanes) is 3. The summed E-state index contributed by atoms with van der Waals surface area (Å²) in [5, 5.41) is 3.06. The number of aromatic nitrogens is 4. The second-order valence-electron chi connectivity index (χ2n) is 10.3. The number of rotatable bonds is 17. The van der Waals surface area contributed by atoms with Crippen LogP contribution in [0.5, 0.6) is 0 Å². The predicted octanol–water partition coefficient (Wildman–Crippen LogP) is 3.13. The third-order valence-electron chi connectivity index (χ3n) is 5.62. The SMILES string of the molecule is CCCCCCOC(=O)C(C)(C)N[P@@](=O)(CO[C@H](C)Cn1cnc2c([As])ncnc21)[As][C@H](C)C(=O)OC(C)C. The van der Waals surface area contributed by atoms with Gasteiger partial charge in [-0.15, -0.1) is 0 Å². The van der Waals surface area contributed by atoms with Crippen LogP contribution in [0, 0.1) is 0 Å². The monoisotopic (exact) mass is 688 g/mol. The summed E-state index contributed by atoms with van der Waals surface area (Å²) in [4.78, 5) is 38.3. The topological polar surface area (TPSA) is 135 Å². The van der Waals surface area contributed by atoms with Crippen molar-refractivity contribution in [3.8, 4) is 0 Å². The van der Waals surface area contributed by atoms with Gasteiger partial charge in [-0.3, -0.25) is 0 Å². The molecule has 2 heterocycles. The molecule has 2 aromatic heterocycles. The molecule has 0 aliphatic rings. The molecule has 0 aliphatic heterocycles. The van der Waals surface area contributed by atoms with E-state index < -0.39 is 43.3 Å². The van der Waals surface area contributed by atoms with Gasteiger partial charge in [0.15, 0.2) is 0 Å². The molecule has 0 amide bonds. The van der Waals surface area contributed by atoms with E-state index >= 15 is 0 Å². The van der Waals surface area contributed by atoms with Crippen LogP contribution in [0.2, 0.25) is 4.71 Å². The Morgan fingerprint density at radius 3 is 2.54 bits per heavy atom. The summed E-state index contributed by atoms with van der Waals surface area (Å²) in [5.74, 6) is -4.22. The number of fused-ring (bicyclic) bond motifs is 1. The van der Waals surface area contributed by atoms with Gasteiger partial charge in [-0.25, -0.2) is 0 Å². The summed E-state index contributed by atoms with van der Waals surface area (Å²) in [6.45, 7) is 13.3. The Balaban J connectivity index is 2.12. The predicted molar refractivity (Wildman–Crippen MR) is 152 cm³/mol. The van der Waals surface area contributed by atoms with Crippen molar-refractivity contribution in [2.75, 3.05) is 13.0 Å². The van der Waals surface area contributed by atoms with Gasteiger partial charge in [-0.05, 0) is 0 Å². The zero-order valence-electron chi connectivity index (χ0n) is 23.9. The van der Waals surface area contributed by atoms with Crippen molar-refractivity contribution in [3.63, 3.8) is 0 Å². The molecule has 0 unspecified atom stereocenters. The van der Waals surface area contributed by atoms with Gasteiger partial charge >= 0.3 is 247 Å². The second-order valence-corrected chi connectivity index (χ2v) is 20.4. The molecule has 3 atom stereocenters. The van der Waals surface area contributed by atoms with Crippen LogP contribution >= 0.6 is 5.85 Å². The molecule has 0 saturated heterocycles. The summed E-state index contributed by atoms with van der Waals surface area (Å²) < 4.78 is 33.2. The van der Waals surface area contributed by atoms with Crippen LogP contribution in [0.3, 0.4) is 0 Å². The van der Waals surface area contributed by atoms with Crippen molar-refractivity contribution in [2.45, 2.75) is 103 Å². The van der Waals surface area contributed by atoms with E-state index in [2.05, 4.69) is 43.8 Å². The maximum absolute atomic E-state index is 14.3. The summed E-state index contributed by atoms with van der Waals surface area (Å²) in [5.41, 5.74) is 0.142. The van der Waals surface area contributed by atoms with Gasteiger partial charge in [0.05, 0.1) is 0 Å².